The largest absolute Gasteiger partial charge is 0.472 e. The predicted octanol–water partition coefficient (Wildman–Crippen LogP) is 18.2. The van der Waals surface area contributed by atoms with Crippen LogP contribution in [0.25, 0.3) is 0 Å². The van der Waals surface area contributed by atoms with Crippen LogP contribution in [-0.2, 0) is 27.1 Å². The highest BCUT2D eigenvalue weighted by Gasteiger charge is 2.53. The van der Waals surface area contributed by atoms with Crippen molar-refractivity contribution in [2.75, 3.05) is 14.7 Å². The fourth-order valence-corrected chi connectivity index (χ4v) is 13.1. The molecule has 0 bridgehead atoms. The first-order chi connectivity index (χ1) is 34.8. The molecule has 0 spiro atoms. The van der Waals surface area contributed by atoms with Crippen molar-refractivity contribution >= 4 is 74.5 Å². The molecule has 4 aliphatic rings. The second-order valence-electron chi connectivity index (χ2n) is 27.4. The maximum Gasteiger partial charge on any atom is 0.297 e. The maximum absolute atomic E-state index is 7.84. The molecule has 6 aromatic carbocycles. The summed E-state index contributed by atoms with van der Waals surface area (Å²) in [5.41, 5.74) is 23.6. The van der Waals surface area contributed by atoms with Crippen LogP contribution in [0.2, 0.25) is 0 Å². The van der Waals surface area contributed by atoms with Gasteiger partial charge in [-0.25, -0.2) is 0 Å². The van der Waals surface area contributed by atoms with E-state index in [4.69, 9.17) is 4.42 Å². The van der Waals surface area contributed by atoms with Crippen molar-refractivity contribution < 1.29 is 4.42 Å². The second-order valence-corrected chi connectivity index (χ2v) is 27.4. The van der Waals surface area contributed by atoms with Crippen molar-refractivity contribution in [3.05, 3.63) is 166 Å². The lowest BCUT2D eigenvalue weighted by Gasteiger charge is -2.46. The Hall–Kier alpha value is -5.94. The molecule has 0 amide bonds. The van der Waals surface area contributed by atoms with Crippen LogP contribution in [0.1, 0.15) is 206 Å². The summed E-state index contributed by atoms with van der Waals surface area (Å²) >= 11 is 0. The van der Waals surface area contributed by atoms with Crippen molar-refractivity contribution in [2.24, 2.45) is 0 Å². The summed E-state index contributed by atoms with van der Waals surface area (Å²) in [6.45, 7) is 40.3. The summed E-state index contributed by atoms with van der Waals surface area (Å²) in [7, 11) is 0. The van der Waals surface area contributed by atoms with Crippen molar-refractivity contribution in [2.45, 2.75) is 188 Å². The second kappa shape index (κ2) is 17.3. The number of rotatable bonds is 8. The smallest absolute Gasteiger partial charge is 0.297 e. The van der Waals surface area contributed by atoms with Gasteiger partial charge in [0.15, 0.2) is 0 Å². The van der Waals surface area contributed by atoms with E-state index in [2.05, 4.69) is 254 Å². The Kier molecular flexibility index (Phi) is 11.7. The molecule has 0 saturated heterocycles. The third-order valence-corrected chi connectivity index (χ3v) is 18.2. The van der Waals surface area contributed by atoms with Crippen LogP contribution in [-0.4, -0.2) is 6.71 Å². The number of benzene rings is 6. The molecule has 2 aliphatic carbocycles. The van der Waals surface area contributed by atoms with Gasteiger partial charge in [-0.1, -0.05) is 172 Å². The zero-order valence-corrected chi connectivity index (χ0v) is 47.9. The molecule has 0 atom stereocenters. The van der Waals surface area contributed by atoms with Gasteiger partial charge in [0.25, 0.3) is 6.71 Å². The molecule has 7 aromatic rings. The van der Waals surface area contributed by atoms with Crippen LogP contribution >= 0.6 is 0 Å². The Morgan fingerprint density at radius 1 is 0.486 bits per heavy atom. The first-order valence-corrected chi connectivity index (χ1v) is 28.1. The van der Waals surface area contributed by atoms with E-state index in [0.717, 1.165) is 53.4 Å². The molecule has 1 aromatic heterocycles. The summed E-state index contributed by atoms with van der Waals surface area (Å²) in [6.07, 6.45) is 4.47. The number of hydrogen-bond acceptors (Lipinski definition) is 4. The normalized spacial score (nSPS) is 17.8. The fraction of sp³-hybridized carbons (Fsp3) is 0.420. The summed E-state index contributed by atoms with van der Waals surface area (Å²) in [5, 5.41) is 0. The highest BCUT2D eigenvalue weighted by atomic mass is 16.3. The van der Waals surface area contributed by atoms with E-state index in [1.165, 1.54) is 84.7 Å². The highest BCUT2D eigenvalue weighted by Crippen LogP contribution is 2.57. The Labute approximate surface area is 445 Å². The number of furan rings is 1. The van der Waals surface area contributed by atoms with E-state index in [-0.39, 0.29) is 33.8 Å². The van der Waals surface area contributed by atoms with Gasteiger partial charge in [0.2, 0.25) is 0 Å². The summed E-state index contributed by atoms with van der Waals surface area (Å²) < 4.78 is 7.84. The first kappa shape index (κ1) is 50.2. The monoisotopic (exact) mass is 980 g/mol. The van der Waals surface area contributed by atoms with Crippen molar-refractivity contribution in [3.63, 3.8) is 0 Å². The molecular weight excluding hydrogens is 898 g/mol. The van der Waals surface area contributed by atoms with E-state index in [9.17, 15) is 0 Å². The van der Waals surface area contributed by atoms with Gasteiger partial charge in [0, 0.05) is 50.8 Å². The quantitative estimate of drug-likeness (QED) is 0.142. The predicted molar refractivity (Wildman–Crippen MR) is 319 cm³/mol. The topological polar surface area (TPSA) is 22.9 Å². The number of nitrogens with zero attached hydrogens (tertiary/aromatic N) is 3. The van der Waals surface area contributed by atoms with Crippen LogP contribution in [0.15, 0.2) is 126 Å². The Morgan fingerprint density at radius 3 is 1.51 bits per heavy atom. The minimum atomic E-state index is -0.155. The zero-order chi connectivity index (χ0) is 52.8. The summed E-state index contributed by atoms with van der Waals surface area (Å²) in [6, 6.07) is 48.0. The molecular formula is C69H82BN3O. The Balaban J connectivity index is 1.31. The Morgan fingerprint density at radius 2 is 0.973 bits per heavy atom. The van der Waals surface area contributed by atoms with Crippen LogP contribution < -0.4 is 31.3 Å². The molecule has 74 heavy (non-hydrogen) atoms. The summed E-state index contributed by atoms with van der Waals surface area (Å²) in [4.78, 5) is 7.80. The fourth-order valence-electron chi connectivity index (χ4n) is 13.1. The van der Waals surface area contributed by atoms with E-state index in [0.29, 0.717) is 17.8 Å². The SMILES string of the molecule is CC(C)c1ccc(N(c2ccc(C(C)C)cc2)c2cc3c4c(c2)N(c2ccc5c(c2)C(C)(C)CCC5(C)C)c2c(oc5c2C(C)(C)CCC5(C)C)B4c2cc(C(C)(C)C)ccc2N3c2ccc(C(C)C)cc2)cc1. The standard InChI is InChI=1S/C69H82BN3O/c1-42(2)45-18-25-49(26-19-45)71(50-27-20-46(21-28-50)43(3)4)53-40-58-61-59(41-53)73(52-31-32-54-55(39-52)67(12,13)35-34-66(54,10)11)62-60-63(69(16,17)37-36-68(60,14)15)74-64(62)70(61)56-38-48(65(7,8)9)24-33-57(56)72(58)51-29-22-47(23-30-51)44(5)6/h18-33,38-44H,34-37H2,1-17H3. The van der Waals surface area contributed by atoms with Crippen LogP contribution in [0.4, 0.5) is 51.2 Å². The zero-order valence-electron chi connectivity index (χ0n) is 47.9. The maximum atomic E-state index is 7.84. The molecule has 2 aliphatic heterocycles. The molecule has 5 heteroatoms. The van der Waals surface area contributed by atoms with Gasteiger partial charge in [-0.15, -0.1) is 0 Å². The third-order valence-electron chi connectivity index (χ3n) is 18.2. The molecule has 0 unspecified atom stereocenters. The lowest BCUT2D eigenvalue weighted by atomic mass is 9.35. The van der Waals surface area contributed by atoms with Crippen LogP contribution in [0.5, 0.6) is 0 Å². The number of hydrogen-bond donors (Lipinski definition) is 0. The van der Waals surface area contributed by atoms with Gasteiger partial charge in [-0.3, -0.25) is 0 Å². The number of fused-ring (bicyclic) bond motifs is 7. The van der Waals surface area contributed by atoms with Crippen molar-refractivity contribution in [1.82, 2.24) is 0 Å². The molecule has 0 radical (unpaired) electrons. The molecule has 4 nitrogen and oxygen atoms in total. The van der Waals surface area contributed by atoms with Gasteiger partial charge in [0.05, 0.1) is 17.0 Å². The molecule has 0 N–H and O–H groups in total. The summed E-state index contributed by atoms with van der Waals surface area (Å²) in [5.74, 6) is 2.41. The van der Waals surface area contributed by atoms with Gasteiger partial charge in [-0.2, -0.15) is 0 Å². The molecule has 0 saturated carbocycles. The Bertz CT molecular complexity index is 3250. The van der Waals surface area contributed by atoms with E-state index in [1.807, 2.05) is 0 Å². The van der Waals surface area contributed by atoms with Gasteiger partial charge < -0.3 is 19.1 Å². The average Bonchev–Trinajstić information content (AvgIpc) is 3.84. The van der Waals surface area contributed by atoms with Gasteiger partial charge >= 0.3 is 0 Å². The van der Waals surface area contributed by atoms with Crippen molar-refractivity contribution in [1.29, 1.82) is 0 Å². The average molecular weight is 980 g/mol. The van der Waals surface area contributed by atoms with Gasteiger partial charge in [-0.05, 0) is 176 Å². The highest BCUT2D eigenvalue weighted by molar-refractivity contribution is 6.99. The molecule has 382 valence electrons. The van der Waals surface area contributed by atoms with E-state index >= 15 is 0 Å². The lowest BCUT2D eigenvalue weighted by Crippen LogP contribution is -2.61. The van der Waals surface area contributed by atoms with Crippen LogP contribution in [0, 0.1) is 0 Å². The number of anilines is 9. The first-order valence-electron chi connectivity index (χ1n) is 28.1. The third kappa shape index (κ3) is 8.08. The molecule has 0 fully saturated rings. The minimum Gasteiger partial charge on any atom is -0.472 e. The van der Waals surface area contributed by atoms with E-state index in [1.54, 1.807) is 0 Å². The molecule has 3 heterocycles. The van der Waals surface area contributed by atoms with E-state index < -0.39 is 0 Å². The van der Waals surface area contributed by atoms with Crippen LogP contribution in [0.3, 0.4) is 0 Å². The lowest BCUT2D eigenvalue weighted by molar-refractivity contribution is 0.282. The van der Waals surface area contributed by atoms with Crippen molar-refractivity contribution in [3.8, 4) is 0 Å². The molecule has 11 rings (SSSR count). The van der Waals surface area contributed by atoms with Gasteiger partial charge in [0.1, 0.15) is 5.76 Å². The minimum absolute atomic E-state index is 0.0166.